The second-order valence-corrected chi connectivity index (χ2v) is 11.1. The lowest BCUT2D eigenvalue weighted by Crippen LogP contribution is -2.50. The van der Waals surface area contributed by atoms with Crippen LogP contribution in [0.25, 0.3) is 0 Å². The first kappa shape index (κ1) is 35.0. The van der Waals surface area contributed by atoms with Crippen LogP contribution in [-0.4, -0.2) is 39.9 Å². The van der Waals surface area contributed by atoms with Crippen molar-refractivity contribution in [2.24, 2.45) is 0 Å². The molecule has 0 heterocycles. The number of alkyl halides is 6. The normalized spacial score (nSPS) is 14.2. The van der Waals surface area contributed by atoms with E-state index < -0.39 is 71.4 Å². The summed E-state index contributed by atoms with van der Waals surface area (Å²) < 4.78 is 103. The lowest BCUT2D eigenvalue weighted by atomic mass is 9.72. The molecule has 12 heteroatoms. The number of ketones is 1. The molecule has 0 aliphatic rings. The molecule has 224 valence electrons. The summed E-state index contributed by atoms with van der Waals surface area (Å²) in [6.45, 7) is 9.10. The van der Waals surface area contributed by atoms with Crippen molar-refractivity contribution >= 4 is 11.8 Å². The van der Waals surface area contributed by atoms with Gasteiger partial charge in [-0.25, -0.2) is 8.78 Å². The Morgan fingerprint density at radius 2 is 1.12 bits per heavy atom. The highest BCUT2D eigenvalue weighted by Gasteiger charge is 2.57. The van der Waals surface area contributed by atoms with Crippen LogP contribution in [0.2, 0.25) is 0 Å². The molecule has 0 aliphatic heterocycles. The number of aliphatic hydroxyl groups is 1. The minimum absolute atomic E-state index is 0.292. The fourth-order valence-electron chi connectivity index (χ4n) is 4.58. The van der Waals surface area contributed by atoms with Crippen molar-refractivity contribution in [3.8, 4) is 0 Å². The molecule has 0 amide bonds. The number of aliphatic carboxylic acids is 1. The van der Waals surface area contributed by atoms with Crippen molar-refractivity contribution in [1.82, 2.24) is 0 Å². The van der Waals surface area contributed by atoms with Crippen LogP contribution in [0.1, 0.15) is 69.2 Å². The second-order valence-electron chi connectivity index (χ2n) is 11.1. The van der Waals surface area contributed by atoms with Crippen LogP contribution in [-0.2, 0) is 20.4 Å². The molecule has 1 atom stereocenters. The van der Waals surface area contributed by atoms with Gasteiger partial charge >= 0.3 is 18.3 Å². The van der Waals surface area contributed by atoms with Gasteiger partial charge in [0.15, 0.2) is 5.60 Å². The number of carboxylic acids is 1. The average molecular weight is 585 g/mol. The molecular formula is C28H32F8O4. The third kappa shape index (κ3) is 9.28. The van der Waals surface area contributed by atoms with Crippen LogP contribution < -0.4 is 0 Å². The van der Waals surface area contributed by atoms with E-state index in [1.165, 1.54) is 58.0 Å². The van der Waals surface area contributed by atoms with Crippen LogP contribution in [0, 0.1) is 25.5 Å². The number of aryl methyl sites for hydroxylation is 2. The summed E-state index contributed by atoms with van der Waals surface area (Å²) in [6.07, 6.45) is -13.0. The Bertz CT molecular complexity index is 1220. The summed E-state index contributed by atoms with van der Waals surface area (Å²) in [7, 11) is 0. The highest BCUT2D eigenvalue weighted by molar-refractivity contribution is 5.85. The smallest absolute Gasteiger partial charge is 0.450 e. The third-order valence-corrected chi connectivity index (χ3v) is 6.48. The van der Waals surface area contributed by atoms with Gasteiger partial charge in [-0.15, -0.1) is 0 Å². The van der Waals surface area contributed by atoms with Crippen LogP contribution in [0.3, 0.4) is 0 Å². The molecule has 0 saturated heterocycles. The fourth-order valence-corrected chi connectivity index (χ4v) is 4.58. The fraction of sp³-hybridized carbons (Fsp3) is 0.500. The SMILES string of the molecule is Cc1ccc(F)cc1C(C)(C)CC(=O)C(F)(F)F.Cc1ccc(F)cc1C(C)(C)CC(O)(CC(=O)O)C(F)(F)F. The number of carboxylic acid groups (broad SMARTS) is 1. The molecule has 2 N–H and O–H groups in total. The van der Waals surface area contributed by atoms with Gasteiger partial charge in [-0.3, -0.25) is 9.59 Å². The van der Waals surface area contributed by atoms with Crippen molar-refractivity contribution in [3.05, 3.63) is 70.3 Å². The number of benzene rings is 2. The molecule has 2 aromatic carbocycles. The Hall–Kier alpha value is -3.02. The van der Waals surface area contributed by atoms with Crippen LogP contribution in [0.15, 0.2) is 36.4 Å². The monoisotopic (exact) mass is 584 g/mol. The summed E-state index contributed by atoms with van der Waals surface area (Å²) in [5.74, 6) is -4.69. The molecule has 4 nitrogen and oxygen atoms in total. The molecule has 0 aliphatic carbocycles. The highest BCUT2D eigenvalue weighted by atomic mass is 19.4. The van der Waals surface area contributed by atoms with E-state index in [1.807, 2.05) is 0 Å². The van der Waals surface area contributed by atoms with Gasteiger partial charge in [-0.2, -0.15) is 26.3 Å². The minimum atomic E-state index is -5.11. The minimum Gasteiger partial charge on any atom is -0.481 e. The maximum absolute atomic E-state index is 13.4. The molecular weight excluding hydrogens is 552 g/mol. The van der Waals surface area contributed by atoms with Gasteiger partial charge in [-0.1, -0.05) is 39.8 Å². The van der Waals surface area contributed by atoms with Gasteiger partial charge in [0.2, 0.25) is 5.78 Å². The zero-order valence-corrected chi connectivity index (χ0v) is 22.8. The van der Waals surface area contributed by atoms with E-state index in [-0.39, 0.29) is 0 Å². The van der Waals surface area contributed by atoms with Gasteiger partial charge in [0, 0.05) is 6.42 Å². The van der Waals surface area contributed by atoms with E-state index >= 15 is 0 Å². The maximum atomic E-state index is 13.4. The van der Waals surface area contributed by atoms with Gasteiger partial charge in [0.1, 0.15) is 11.6 Å². The quantitative estimate of drug-likeness (QED) is 0.315. The van der Waals surface area contributed by atoms with Gasteiger partial charge in [0.05, 0.1) is 6.42 Å². The molecule has 0 radical (unpaired) electrons. The summed E-state index contributed by atoms with van der Waals surface area (Å²) in [6, 6.07) is 7.62. The van der Waals surface area contributed by atoms with Crippen LogP contribution >= 0.6 is 0 Å². The molecule has 2 aromatic rings. The molecule has 0 spiro atoms. The number of rotatable bonds is 8. The first-order valence-corrected chi connectivity index (χ1v) is 12.0. The largest absolute Gasteiger partial charge is 0.481 e. The highest BCUT2D eigenvalue weighted by Crippen LogP contribution is 2.43. The van der Waals surface area contributed by atoms with E-state index in [0.29, 0.717) is 22.3 Å². The summed E-state index contributed by atoms with van der Waals surface area (Å²) in [5, 5.41) is 18.5. The molecule has 0 bridgehead atoms. The predicted octanol–water partition coefficient (Wildman–Crippen LogP) is 7.50. The van der Waals surface area contributed by atoms with Crippen molar-refractivity contribution < 1.29 is 54.9 Å². The van der Waals surface area contributed by atoms with E-state index in [4.69, 9.17) is 5.11 Å². The lowest BCUT2D eigenvalue weighted by Gasteiger charge is -2.37. The van der Waals surface area contributed by atoms with Gasteiger partial charge < -0.3 is 10.2 Å². The molecule has 0 aromatic heterocycles. The number of carbonyl (C=O) groups is 2. The number of Topliss-reactive ketones (excluding diaryl/α,β-unsaturated/α-hetero) is 1. The first-order valence-electron chi connectivity index (χ1n) is 12.0. The number of hydrogen-bond acceptors (Lipinski definition) is 3. The van der Waals surface area contributed by atoms with E-state index in [1.54, 1.807) is 13.8 Å². The van der Waals surface area contributed by atoms with Crippen molar-refractivity contribution in [2.75, 3.05) is 0 Å². The lowest BCUT2D eigenvalue weighted by molar-refractivity contribution is -0.268. The Labute approximate surface area is 227 Å². The van der Waals surface area contributed by atoms with E-state index in [2.05, 4.69) is 0 Å². The zero-order valence-electron chi connectivity index (χ0n) is 22.8. The van der Waals surface area contributed by atoms with Crippen molar-refractivity contribution in [2.45, 2.75) is 89.6 Å². The molecule has 1 unspecified atom stereocenters. The number of carbonyl (C=O) groups excluding carboxylic acids is 1. The molecule has 40 heavy (non-hydrogen) atoms. The summed E-state index contributed by atoms with van der Waals surface area (Å²) in [5.41, 5.74) is -3.78. The third-order valence-electron chi connectivity index (χ3n) is 6.48. The zero-order chi connectivity index (χ0) is 31.5. The maximum Gasteiger partial charge on any atom is 0.450 e. The van der Waals surface area contributed by atoms with Gasteiger partial charge in [0.25, 0.3) is 0 Å². The molecule has 2 rings (SSSR count). The Morgan fingerprint density at radius 3 is 1.48 bits per heavy atom. The van der Waals surface area contributed by atoms with Crippen molar-refractivity contribution in [1.29, 1.82) is 0 Å². The topological polar surface area (TPSA) is 74.6 Å². The van der Waals surface area contributed by atoms with Crippen molar-refractivity contribution in [3.63, 3.8) is 0 Å². The van der Waals surface area contributed by atoms with Gasteiger partial charge in [-0.05, 0) is 77.6 Å². The summed E-state index contributed by atoms with van der Waals surface area (Å²) in [4.78, 5) is 21.7. The predicted molar refractivity (Wildman–Crippen MR) is 132 cm³/mol. The average Bonchev–Trinajstić information content (AvgIpc) is 2.74. The standard InChI is InChI=1S/C15H18F4O3.C13H14F4O/c1-9-4-5-10(16)6-11(9)13(2,3)8-14(22,7-12(20)21)15(17,18)19;1-8-4-5-9(14)6-10(8)12(2,3)7-11(18)13(15,16)17/h4-6,22H,7-8H2,1-3H3,(H,20,21);4-6H,7H2,1-3H3. The Balaban J connectivity index is 0.000000408. The molecule has 0 saturated carbocycles. The first-order chi connectivity index (χ1) is 17.8. The summed E-state index contributed by atoms with van der Waals surface area (Å²) >= 11 is 0. The van der Waals surface area contributed by atoms with Crippen LogP contribution in [0.4, 0.5) is 35.1 Å². The second kappa shape index (κ2) is 12.2. The Morgan fingerprint density at radius 1 is 0.725 bits per heavy atom. The van der Waals surface area contributed by atoms with Crippen LogP contribution in [0.5, 0.6) is 0 Å². The number of hydrogen-bond donors (Lipinski definition) is 2. The van der Waals surface area contributed by atoms with E-state index in [0.717, 1.165) is 6.07 Å². The number of halogens is 8. The Kier molecular flexibility index (Phi) is 10.7. The molecule has 0 fully saturated rings. The van der Waals surface area contributed by atoms with E-state index in [9.17, 15) is 49.8 Å².